The quantitative estimate of drug-likeness (QED) is 0.730. The van der Waals surface area contributed by atoms with Gasteiger partial charge >= 0.3 is 0 Å². The molecule has 5 heteroatoms. The van der Waals surface area contributed by atoms with E-state index in [1.807, 2.05) is 19.9 Å². The lowest BCUT2D eigenvalue weighted by Gasteiger charge is -2.07. The lowest BCUT2D eigenvalue weighted by Crippen LogP contribution is -2.02. The van der Waals surface area contributed by atoms with E-state index in [0.29, 0.717) is 11.0 Å². The molecule has 2 rings (SSSR count). The molecule has 0 amide bonds. The molecule has 0 radical (unpaired) electrons. The van der Waals surface area contributed by atoms with Crippen molar-refractivity contribution in [1.29, 1.82) is 0 Å². The molecular formula is C12H11Br2FN2. The van der Waals surface area contributed by atoms with Crippen LogP contribution < -0.4 is 0 Å². The van der Waals surface area contributed by atoms with E-state index >= 15 is 0 Å². The molecule has 0 atom stereocenters. The normalized spacial score (nSPS) is 10.9. The zero-order valence-corrected chi connectivity index (χ0v) is 12.6. The first-order valence-corrected chi connectivity index (χ1v) is 7.02. The van der Waals surface area contributed by atoms with Crippen LogP contribution in [-0.4, -0.2) is 9.78 Å². The standard InChI is InChI=1S/C12H11Br2FN2/c1-7-12(14)8(2)17(16-7)11-4-3-9(6-13)5-10(11)15/h3-5H,6H2,1-2H3. The Balaban J connectivity index is 2.57. The van der Waals surface area contributed by atoms with E-state index in [2.05, 4.69) is 37.0 Å². The van der Waals surface area contributed by atoms with Gasteiger partial charge in [0.1, 0.15) is 11.5 Å². The van der Waals surface area contributed by atoms with Crippen LogP contribution in [0.5, 0.6) is 0 Å². The summed E-state index contributed by atoms with van der Waals surface area (Å²) in [6.07, 6.45) is 0. The third-order valence-corrected chi connectivity index (χ3v) is 4.39. The van der Waals surface area contributed by atoms with Crippen molar-refractivity contribution in [2.24, 2.45) is 0 Å². The number of alkyl halides is 1. The molecule has 0 aliphatic carbocycles. The summed E-state index contributed by atoms with van der Waals surface area (Å²) in [5.74, 6) is -0.264. The monoisotopic (exact) mass is 360 g/mol. The van der Waals surface area contributed by atoms with Crippen LogP contribution in [0.15, 0.2) is 22.7 Å². The number of hydrogen-bond acceptors (Lipinski definition) is 1. The number of aryl methyl sites for hydroxylation is 1. The highest BCUT2D eigenvalue weighted by Crippen LogP contribution is 2.24. The second kappa shape index (κ2) is 4.90. The van der Waals surface area contributed by atoms with Gasteiger partial charge in [-0.25, -0.2) is 9.07 Å². The molecule has 0 aliphatic heterocycles. The highest BCUT2D eigenvalue weighted by atomic mass is 79.9. The third-order valence-electron chi connectivity index (χ3n) is 2.60. The Morgan fingerprint density at radius 3 is 2.53 bits per heavy atom. The van der Waals surface area contributed by atoms with E-state index in [9.17, 15) is 4.39 Å². The Labute approximate surface area is 116 Å². The van der Waals surface area contributed by atoms with Gasteiger partial charge in [0.15, 0.2) is 0 Å². The van der Waals surface area contributed by atoms with Crippen LogP contribution in [0.3, 0.4) is 0 Å². The average molecular weight is 362 g/mol. The molecule has 0 unspecified atom stereocenters. The molecule has 0 fully saturated rings. The van der Waals surface area contributed by atoms with Crippen LogP contribution >= 0.6 is 31.9 Å². The minimum Gasteiger partial charge on any atom is -0.234 e. The van der Waals surface area contributed by atoms with Crippen molar-refractivity contribution in [3.8, 4) is 5.69 Å². The molecule has 0 bridgehead atoms. The maximum Gasteiger partial charge on any atom is 0.149 e. The summed E-state index contributed by atoms with van der Waals surface area (Å²) in [6.45, 7) is 3.79. The molecule has 1 aromatic heterocycles. The number of halogens is 3. The van der Waals surface area contributed by atoms with E-state index < -0.39 is 0 Å². The molecule has 0 saturated carbocycles. The van der Waals surface area contributed by atoms with E-state index in [1.54, 1.807) is 10.7 Å². The van der Waals surface area contributed by atoms with E-state index in [4.69, 9.17) is 0 Å². The highest BCUT2D eigenvalue weighted by Gasteiger charge is 2.13. The largest absolute Gasteiger partial charge is 0.234 e. The summed E-state index contributed by atoms with van der Waals surface area (Å²) in [7, 11) is 0. The van der Waals surface area contributed by atoms with Crippen LogP contribution in [-0.2, 0) is 5.33 Å². The van der Waals surface area contributed by atoms with Crippen LogP contribution in [0.1, 0.15) is 17.0 Å². The molecule has 0 aliphatic rings. The van der Waals surface area contributed by atoms with Crippen molar-refractivity contribution in [3.63, 3.8) is 0 Å². The highest BCUT2D eigenvalue weighted by molar-refractivity contribution is 9.10. The molecule has 0 spiro atoms. The number of hydrogen-bond donors (Lipinski definition) is 0. The van der Waals surface area contributed by atoms with Crippen LogP contribution in [0.2, 0.25) is 0 Å². The Bertz CT molecular complexity index is 564. The van der Waals surface area contributed by atoms with Crippen LogP contribution in [0.25, 0.3) is 5.69 Å². The van der Waals surface area contributed by atoms with Gasteiger partial charge in [-0.05, 0) is 47.5 Å². The number of nitrogens with zero attached hydrogens (tertiary/aromatic N) is 2. The van der Waals surface area contributed by atoms with Gasteiger partial charge in [-0.15, -0.1) is 0 Å². The Hall–Kier alpha value is -0.680. The Kier molecular flexibility index (Phi) is 3.68. The summed E-state index contributed by atoms with van der Waals surface area (Å²) < 4.78 is 16.5. The fourth-order valence-electron chi connectivity index (χ4n) is 1.66. The van der Waals surface area contributed by atoms with Gasteiger partial charge in [-0.2, -0.15) is 5.10 Å². The smallest absolute Gasteiger partial charge is 0.149 e. The zero-order chi connectivity index (χ0) is 12.6. The summed E-state index contributed by atoms with van der Waals surface area (Å²) in [5, 5.41) is 4.96. The van der Waals surface area contributed by atoms with Gasteiger partial charge in [0.2, 0.25) is 0 Å². The zero-order valence-electron chi connectivity index (χ0n) is 9.47. The molecule has 0 N–H and O–H groups in total. The number of rotatable bonds is 2. The molecule has 1 heterocycles. The molecule has 90 valence electrons. The van der Waals surface area contributed by atoms with Crippen molar-refractivity contribution < 1.29 is 4.39 Å². The van der Waals surface area contributed by atoms with Gasteiger partial charge in [-0.1, -0.05) is 22.0 Å². The lowest BCUT2D eigenvalue weighted by molar-refractivity contribution is 0.606. The van der Waals surface area contributed by atoms with Gasteiger partial charge in [0, 0.05) is 5.33 Å². The van der Waals surface area contributed by atoms with Gasteiger partial charge in [0.05, 0.1) is 15.9 Å². The van der Waals surface area contributed by atoms with Gasteiger partial charge in [-0.3, -0.25) is 0 Å². The molecule has 0 saturated heterocycles. The molecular weight excluding hydrogens is 351 g/mol. The fraction of sp³-hybridized carbons (Fsp3) is 0.250. The predicted molar refractivity (Wildman–Crippen MR) is 73.3 cm³/mol. The van der Waals surface area contributed by atoms with Crippen LogP contribution in [0.4, 0.5) is 4.39 Å². The lowest BCUT2D eigenvalue weighted by atomic mass is 10.2. The topological polar surface area (TPSA) is 17.8 Å². The minimum atomic E-state index is -0.264. The van der Waals surface area contributed by atoms with Crippen molar-refractivity contribution in [2.75, 3.05) is 0 Å². The third kappa shape index (κ3) is 2.31. The van der Waals surface area contributed by atoms with Crippen molar-refractivity contribution in [1.82, 2.24) is 9.78 Å². The maximum atomic E-state index is 13.9. The first-order valence-electron chi connectivity index (χ1n) is 5.11. The van der Waals surface area contributed by atoms with Gasteiger partial charge in [0.25, 0.3) is 0 Å². The summed E-state index contributed by atoms with van der Waals surface area (Å²) >= 11 is 6.74. The Morgan fingerprint density at radius 1 is 1.35 bits per heavy atom. The predicted octanol–water partition coefficient (Wildman–Crippen LogP) is 4.29. The SMILES string of the molecule is Cc1nn(-c2ccc(CBr)cc2F)c(C)c1Br. The molecule has 2 nitrogen and oxygen atoms in total. The van der Waals surface area contributed by atoms with Crippen molar-refractivity contribution in [2.45, 2.75) is 19.2 Å². The summed E-state index contributed by atoms with van der Waals surface area (Å²) in [4.78, 5) is 0. The fourth-order valence-corrected chi connectivity index (χ4v) is 2.26. The van der Waals surface area contributed by atoms with Crippen molar-refractivity contribution in [3.05, 3.63) is 45.4 Å². The molecule has 17 heavy (non-hydrogen) atoms. The van der Waals surface area contributed by atoms with E-state index in [1.165, 1.54) is 6.07 Å². The van der Waals surface area contributed by atoms with Gasteiger partial charge < -0.3 is 0 Å². The molecule has 1 aromatic carbocycles. The Morgan fingerprint density at radius 2 is 2.06 bits per heavy atom. The van der Waals surface area contributed by atoms with Crippen molar-refractivity contribution >= 4 is 31.9 Å². The maximum absolute atomic E-state index is 13.9. The first-order chi connectivity index (χ1) is 8.04. The van der Waals surface area contributed by atoms with E-state index in [-0.39, 0.29) is 5.82 Å². The van der Waals surface area contributed by atoms with Crippen LogP contribution in [0, 0.1) is 19.7 Å². The summed E-state index contributed by atoms with van der Waals surface area (Å²) in [6, 6.07) is 5.16. The number of benzene rings is 1. The second-order valence-corrected chi connectivity index (χ2v) is 5.17. The number of aromatic nitrogens is 2. The van der Waals surface area contributed by atoms with E-state index in [0.717, 1.165) is 21.4 Å². The summed E-state index contributed by atoms with van der Waals surface area (Å²) in [5.41, 5.74) is 3.13. The second-order valence-electron chi connectivity index (χ2n) is 3.82. The average Bonchev–Trinajstić information content (AvgIpc) is 2.57. The first kappa shape index (κ1) is 12.8. The minimum absolute atomic E-state index is 0.264. The molecule has 2 aromatic rings.